The summed E-state index contributed by atoms with van der Waals surface area (Å²) >= 11 is 0. The highest BCUT2D eigenvalue weighted by Crippen LogP contribution is 2.43. The zero-order valence-corrected chi connectivity index (χ0v) is 15.0. The van der Waals surface area contributed by atoms with Gasteiger partial charge in [0.1, 0.15) is 0 Å². The third kappa shape index (κ3) is 3.46. The molecule has 0 aromatic carbocycles. The van der Waals surface area contributed by atoms with Gasteiger partial charge >= 0.3 is 0 Å². The molecule has 3 fully saturated rings. The summed E-state index contributed by atoms with van der Waals surface area (Å²) in [5.41, 5.74) is 6.38. The molecule has 0 spiro atoms. The Balaban J connectivity index is 0.00000176. The number of likely N-dealkylation sites (tertiary alicyclic amines) is 1. The molecule has 3 aliphatic rings. The molecule has 4 heteroatoms. The molecule has 22 heavy (non-hydrogen) atoms. The summed E-state index contributed by atoms with van der Waals surface area (Å²) in [4.78, 5) is 15.3. The van der Waals surface area contributed by atoms with Crippen LogP contribution < -0.4 is 5.73 Å². The van der Waals surface area contributed by atoms with Crippen LogP contribution in [-0.2, 0) is 4.79 Å². The summed E-state index contributed by atoms with van der Waals surface area (Å²) in [6.45, 7) is 5.52. The first-order chi connectivity index (χ1) is 10.1. The summed E-state index contributed by atoms with van der Waals surface area (Å²) in [5, 5.41) is 0. The van der Waals surface area contributed by atoms with Crippen molar-refractivity contribution in [3.8, 4) is 0 Å². The fourth-order valence-electron chi connectivity index (χ4n) is 5.15. The molecule has 1 amide bonds. The van der Waals surface area contributed by atoms with Crippen LogP contribution in [0.4, 0.5) is 0 Å². The second-order valence-electron chi connectivity index (χ2n) is 8.04. The smallest absolute Gasteiger partial charge is 0.225 e. The highest BCUT2D eigenvalue weighted by molar-refractivity contribution is 5.85. The Morgan fingerprint density at radius 3 is 2.27 bits per heavy atom. The number of fused-ring (bicyclic) bond motifs is 2. The first kappa shape index (κ1) is 18.1. The zero-order valence-electron chi connectivity index (χ0n) is 14.2. The lowest BCUT2D eigenvalue weighted by atomic mass is 9.64. The fourth-order valence-corrected chi connectivity index (χ4v) is 5.15. The Morgan fingerprint density at radius 1 is 1.05 bits per heavy atom. The van der Waals surface area contributed by atoms with E-state index in [9.17, 15) is 4.79 Å². The van der Waals surface area contributed by atoms with Gasteiger partial charge in [0, 0.05) is 24.5 Å². The van der Waals surface area contributed by atoms with E-state index in [0.29, 0.717) is 35.7 Å². The number of halogens is 1. The Kier molecular flexibility index (Phi) is 6.18. The van der Waals surface area contributed by atoms with Crippen molar-refractivity contribution in [2.75, 3.05) is 6.54 Å². The van der Waals surface area contributed by atoms with E-state index >= 15 is 0 Å². The van der Waals surface area contributed by atoms with Gasteiger partial charge in [-0.1, -0.05) is 20.3 Å². The zero-order chi connectivity index (χ0) is 15.0. The molecule has 2 bridgehead atoms. The molecule has 1 heterocycles. The summed E-state index contributed by atoms with van der Waals surface area (Å²) in [6.07, 6.45) is 9.59. The van der Waals surface area contributed by atoms with Gasteiger partial charge in [0.25, 0.3) is 0 Å². The Bertz CT molecular complexity index is 373. The van der Waals surface area contributed by atoms with E-state index in [0.717, 1.165) is 19.4 Å². The monoisotopic (exact) mass is 328 g/mol. The van der Waals surface area contributed by atoms with Crippen LogP contribution in [-0.4, -0.2) is 29.4 Å². The quantitative estimate of drug-likeness (QED) is 0.841. The van der Waals surface area contributed by atoms with E-state index < -0.39 is 0 Å². The Morgan fingerprint density at radius 2 is 1.68 bits per heavy atom. The van der Waals surface area contributed by atoms with Crippen molar-refractivity contribution in [2.45, 2.75) is 77.3 Å². The van der Waals surface area contributed by atoms with E-state index in [4.69, 9.17) is 5.73 Å². The Labute approximate surface area is 141 Å². The summed E-state index contributed by atoms with van der Waals surface area (Å²) < 4.78 is 0. The molecular formula is C18H33ClN2O. The molecular weight excluding hydrogens is 296 g/mol. The number of nitrogens with zero attached hydrogens (tertiary/aromatic N) is 1. The molecule has 2 saturated carbocycles. The predicted octanol–water partition coefficient (Wildman–Crippen LogP) is 3.60. The van der Waals surface area contributed by atoms with Gasteiger partial charge in [0.2, 0.25) is 5.91 Å². The lowest BCUT2D eigenvalue weighted by Crippen LogP contribution is -2.53. The minimum Gasteiger partial charge on any atom is -0.339 e. The number of hydrogen-bond donors (Lipinski definition) is 1. The average Bonchev–Trinajstić information content (AvgIpc) is 2.46. The number of rotatable bonds is 2. The van der Waals surface area contributed by atoms with Gasteiger partial charge in [-0.2, -0.15) is 0 Å². The number of piperidine rings is 1. The molecule has 128 valence electrons. The van der Waals surface area contributed by atoms with Crippen molar-refractivity contribution in [1.82, 2.24) is 4.90 Å². The van der Waals surface area contributed by atoms with Crippen molar-refractivity contribution < 1.29 is 4.79 Å². The highest BCUT2D eigenvalue weighted by atomic mass is 35.5. The second kappa shape index (κ2) is 7.53. The highest BCUT2D eigenvalue weighted by Gasteiger charge is 2.43. The second-order valence-corrected chi connectivity index (χ2v) is 8.04. The third-order valence-electron chi connectivity index (χ3n) is 6.36. The van der Waals surface area contributed by atoms with Crippen molar-refractivity contribution in [1.29, 1.82) is 0 Å². The molecule has 1 aliphatic heterocycles. The first-order valence-corrected chi connectivity index (χ1v) is 9.14. The number of carbonyl (C=O) groups excluding carboxylic acids is 1. The van der Waals surface area contributed by atoms with E-state index in [1.807, 2.05) is 0 Å². The fraction of sp³-hybridized carbons (Fsp3) is 0.944. The van der Waals surface area contributed by atoms with Crippen LogP contribution in [0.25, 0.3) is 0 Å². The normalized spacial score (nSPS) is 38.5. The van der Waals surface area contributed by atoms with Crippen molar-refractivity contribution in [3.63, 3.8) is 0 Å². The maximum atomic E-state index is 13.1. The molecule has 3 rings (SSSR count). The molecule has 0 aromatic heterocycles. The van der Waals surface area contributed by atoms with Crippen molar-refractivity contribution >= 4 is 18.3 Å². The number of hydrogen-bond acceptors (Lipinski definition) is 2. The minimum atomic E-state index is 0. The van der Waals surface area contributed by atoms with Crippen LogP contribution in [0, 0.1) is 23.7 Å². The Hall–Kier alpha value is -0.280. The van der Waals surface area contributed by atoms with Gasteiger partial charge in [-0.05, 0) is 62.7 Å². The van der Waals surface area contributed by atoms with E-state index in [-0.39, 0.29) is 18.3 Å². The largest absolute Gasteiger partial charge is 0.339 e. The van der Waals surface area contributed by atoms with Crippen LogP contribution in [0.3, 0.4) is 0 Å². The lowest BCUT2D eigenvalue weighted by molar-refractivity contribution is -0.143. The molecule has 3 atom stereocenters. The number of nitrogens with two attached hydrogens (primary N) is 1. The van der Waals surface area contributed by atoms with Gasteiger partial charge in [-0.3, -0.25) is 4.79 Å². The summed E-state index contributed by atoms with van der Waals surface area (Å²) in [6, 6.07) is 0.840. The van der Waals surface area contributed by atoms with Gasteiger partial charge in [0.15, 0.2) is 0 Å². The van der Waals surface area contributed by atoms with Crippen LogP contribution in [0.1, 0.15) is 65.2 Å². The van der Waals surface area contributed by atoms with E-state index in [1.54, 1.807) is 0 Å². The van der Waals surface area contributed by atoms with E-state index in [1.165, 1.54) is 38.5 Å². The van der Waals surface area contributed by atoms with Crippen LogP contribution in [0.2, 0.25) is 0 Å². The molecule has 2 aliphatic carbocycles. The van der Waals surface area contributed by atoms with Crippen LogP contribution in [0.15, 0.2) is 0 Å². The molecule has 2 N–H and O–H groups in total. The topological polar surface area (TPSA) is 46.3 Å². The molecule has 3 unspecified atom stereocenters. The molecule has 0 aromatic rings. The summed E-state index contributed by atoms with van der Waals surface area (Å²) in [5.74, 6) is 2.51. The van der Waals surface area contributed by atoms with Crippen LogP contribution >= 0.6 is 12.4 Å². The maximum absolute atomic E-state index is 13.1. The lowest BCUT2D eigenvalue weighted by Gasteiger charge is -2.46. The molecule has 3 nitrogen and oxygen atoms in total. The average molecular weight is 329 g/mol. The molecule has 0 radical (unpaired) electrons. The van der Waals surface area contributed by atoms with E-state index in [2.05, 4.69) is 18.7 Å². The third-order valence-corrected chi connectivity index (χ3v) is 6.36. The predicted molar refractivity (Wildman–Crippen MR) is 93.0 cm³/mol. The van der Waals surface area contributed by atoms with Crippen LogP contribution in [0.5, 0.6) is 0 Å². The maximum Gasteiger partial charge on any atom is 0.225 e. The van der Waals surface area contributed by atoms with Gasteiger partial charge < -0.3 is 10.6 Å². The summed E-state index contributed by atoms with van der Waals surface area (Å²) in [7, 11) is 0. The minimum absolute atomic E-state index is 0. The van der Waals surface area contributed by atoms with Gasteiger partial charge in [0.05, 0.1) is 0 Å². The number of carbonyl (C=O) groups is 1. The van der Waals surface area contributed by atoms with Crippen molar-refractivity contribution in [3.05, 3.63) is 0 Å². The van der Waals surface area contributed by atoms with Gasteiger partial charge in [-0.15, -0.1) is 12.4 Å². The van der Waals surface area contributed by atoms with Gasteiger partial charge in [-0.25, -0.2) is 0 Å². The standard InChI is InChI=1S/C18H32N2O.ClH/c1-12(2)16-8-3-4-9-20(16)18(21)15-10-13-6-5-7-14(11-15)17(13)19;/h12-17H,3-11,19H2,1-2H3;1H. The number of amides is 1. The first-order valence-electron chi connectivity index (χ1n) is 9.14. The molecule has 1 saturated heterocycles. The van der Waals surface area contributed by atoms with Crippen molar-refractivity contribution in [2.24, 2.45) is 29.4 Å². The SMILES string of the molecule is CC(C)C1CCCCN1C(=O)C1CC2CCCC(C1)C2N.Cl.